The van der Waals surface area contributed by atoms with Crippen molar-refractivity contribution >= 4 is 0 Å². The molecular weight excluding hydrogens is 192 g/mol. The highest BCUT2D eigenvalue weighted by Crippen LogP contribution is 2.15. The fourth-order valence-corrected chi connectivity index (χ4v) is 1.36. The van der Waals surface area contributed by atoms with Gasteiger partial charge in [-0.05, 0) is 24.6 Å². The summed E-state index contributed by atoms with van der Waals surface area (Å²) in [4.78, 5) is 0. The van der Waals surface area contributed by atoms with E-state index in [9.17, 15) is 5.11 Å². The Hall–Kier alpha value is -1.06. The number of aliphatic hydroxyl groups excluding tert-OH is 1. The number of benzene rings is 1. The molecule has 0 aliphatic rings. The first-order chi connectivity index (χ1) is 7.17. The second-order valence-corrected chi connectivity index (χ2v) is 3.56. The van der Waals surface area contributed by atoms with Crippen molar-refractivity contribution in [1.29, 1.82) is 0 Å². The molecule has 1 aromatic rings. The van der Waals surface area contributed by atoms with E-state index in [4.69, 9.17) is 9.47 Å². The first kappa shape index (κ1) is 12.0. The van der Waals surface area contributed by atoms with E-state index in [1.165, 1.54) is 0 Å². The largest absolute Gasteiger partial charge is 0.497 e. The molecule has 3 heteroatoms. The van der Waals surface area contributed by atoms with Gasteiger partial charge in [0.1, 0.15) is 5.75 Å². The Balaban J connectivity index is 2.63. The first-order valence-corrected chi connectivity index (χ1v) is 5.01. The topological polar surface area (TPSA) is 38.7 Å². The number of aliphatic hydroxyl groups is 1. The Kier molecular flexibility index (Phi) is 4.59. The van der Waals surface area contributed by atoms with Gasteiger partial charge in [-0.2, -0.15) is 0 Å². The predicted octanol–water partition coefficient (Wildman–Crippen LogP) is 1.63. The van der Waals surface area contributed by atoms with Gasteiger partial charge in [0.2, 0.25) is 0 Å². The predicted molar refractivity (Wildman–Crippen MR) is 59.2 cm³/mol. The van der Waals surface area contributed by atoms with Crippen molar-refractivity contribution in [3.63, 3.8) is 0 Å². The lowest BCUT2D eigenvalue weighted by atomic mass is 10.0. The minimum atomic E-state index is -0.484. The van der Waals surface area contributed by atoms with Gasteiger partial charge in [-0.1, -0.05) is 12.1 Å². The van der Waals surface area contributed by atoms with Gasteiger partial charge in [0.05, 0.1) is 19.3 Å². The zero-order chi connectivity index (χ0) is 11.3. The minimum absolute atomic E-state index is 0.156. The summed E-state index contributed by atoms with van der Waals surface area (Å²) in [5.74, 6) is 0.810. The van der Waals surface area contributed by atoms with E-state index in [1.54, 1.807) is 14.2 Å². The summed E-state index contributed by atoms with van der Waals surface area (Å²) in [6.45, 7) is 1.85. The third-order valence-corrected chi connectivity index (χ3v) is 2.49. The summed E-state index contributed by atoms with van der Waals surface area (Å²) in [6.07, 6.45) is -0.0649. The molecule has 0 spiro atoms. The van der Waals surface area contributed by atoms with E-state index in [0.717, 1.165) is 11.3 Å². The Morgan fingerprint density at radius 1 is 1.33 bits per heavy atom. The summed E-state index contributed by atoms with van der Waals surface area (Å²) >= 11 is 0. The molecule has 1 N–H and O–H groups in total. The van der Waals surface area contributed by atoms with Crippen LogP contribution in [0.2, 0.25) is 0 Å². The molecule has 0 aromatic heterocycles. The van der Waals surface area contributed by atoms with E-state index in [1.807, 2.05) is 31.2 Å². The molecule has 3 nitrogen and oxygen atoms in total. The quantitative estimate of drug-likeness (QED) is 0.802. The Labute approximate surface area is 90.6 Å². The van der Waals surface area contributed by atoms with Crippen LogP contribution in [0.4, 0.5) is 0 Å². The number of rotatable bonds is 5. The van der Waals surface area contributed by atoms with E-state index >= 15 is 0 Å². The molecule has 1 aromatic carbocycles. The standard InChI is InChI=1S/C12H18O3/c1-9(14-2)12(13)8-10-5-4-6-11(7-10)15-3/h4-7,9,12-13H,8H2,1-3H3. The van der Waals surface area contributed by atoms with Crippen LogP contribution in [-0.4, -0.2) is 31.5 Å². The number of hydrogen-bond acceptors (Lipinski definition) is 3. The maximum atomic E-state index is 9.77. The second-order valence-electron chi connectivity index (χ2n) is 3.56. The van der Waals surface area contributed by atoms with Crippen LogP contribution in [-0.2, 0) is 11.2 Å². The molecule has 0 saturated carbocycles. The van der Waals surface area contributed by atoms with Crippen molar-refractivity contribution in [2.45, 2.75) is 25.6 Å². The lowest BCUT2D eigenvalue weighted by molar-refractivity contribution is 0.000392. The van der Waals surface area contributed by atoms with Gasteiger partial charge in [0.15, 0.2) is 0 Å². The monoisotopic (exact) mass is 210 g/mol. The van der Waals surface area contributed by atoms with E-state index in [-0.39, 0.29) is 6.10 Å². The average molecular weight is 210 g/mol. The molecular formula is C12H18O3. The maximum absolute atomic E-state index is 9.77. The highest BCUT2D eigenvalue weighted by atomic mass is 16.5. The maximum Gasteiger partial charge on any atom is 0.119 e. The smallest absolute Gasteiger partial charge is 0.119 e. The number of hydrogen-bond donors (Lipinski definition) is 1. The molecule has 0 aliphatic heterocycles. The van der Waals surface area contributed by atoms with Crippen molar-refractivity contribution in [2.24, 2.45) is 0 Å². The van der Waals surface area contributed by atoms with Gasteiger partial charge in [0, 0.05) is 13.5 Å². The third kappa shape index (κ3) is 3.53. The number of ether oxygens (including phenoxy) is 2. The fourth-order valence-electron chi connectivity index (χ4n) is 1.36. The molecule has 2 atom stereocenters. The highest BCUT2D eigenvalue weighted by Gasteiger charge is 2.13. The van der Waals surface area contributed by atoms with Gasteiger partial charge < -0.3 is 14.6 Å². The molecule has 1 rings (SSSR count). The average Bonchev–Trinajstić information content (AvgIpc) is 2.28. The van der Waals surface area contributed by atoms with E-state index < -0.39 is 6.10 Å². The van der Waals surface area contributed by atoms with Gasteiger partial charge in [0.25, 0.3) is 0 Å². The zero-order valence-electron chi connectivity index (χ0n) is 9.43. The molecule has 15 heavy (non-hydrogen) atoms. The Morgan fingerprint density at radius 2 is 2.07 bits per heavy atom. The van der Waals surface area contributed by atoms with Crippen LogP contribution < -0.4 is 4.74 Å². The van der Waals surface area contributed by atoms with Crippen LogP contribution in [0.1, 0.15) is 12.5 Å². The van der Waals surface area contributed by atoms with Crippen molar-refractivity contribution in [2.75, 3.05) is 14.2 Å². The SMILES string of the molecule is COc1cccc(CC(O)C(C)OC)c1. The first-order valence-electron chi connectivity index (χ1n) is 5.01. The van der Waals surface area contributed by atoms with E-state index in [2.05, 4.69) is 0 Å². The molecule has 0 amide bonds. The van der Waals surface area contributed by atoms with Gasteiger partial charge in [-0.15, -0.1) is 0 Å². The summed E-state index contributed by atoms with van der Waals surface area (Å²) in [5.41, 5.74) is 1.05. The van der Waals surface area contributed by atoms with Crippen LogP contribution >= 0.6 is 0 Å². The number of methoxy groups -OCH3 is 2. The van der Waals surface area contributed by atoms with Crippen LogP contribution in [0.25, 0.3) is 0 Å². The minimum Gasteiger partial charge on any atom is -0.497 e. The van der Waals surface area contributed by atoms with Crippen molar-refractivity contribution in [3.8, 4) is 5.75 Å². The Bertz CT molecular complexity index is 299. The molecule has 2 unspecified atom stereocenters. The van der Waals surface area contributed by atoms with Crippen molar-refractivity contribution in [1.82, 2.24) is 0 Å². The summed E-state index contributed by atoms with van der Waals surface area (Å²) in [5, 5.41) is 9.77. The van der Waals surface area contributed by atoms with Gasteiger partial charge in [-0.25, -0.2) is 0 Å². The lowest BCUT2D eigenvalue weighted by Crippen LogP contribution is -2.26. The third-order valence-electron chi connectivity index (χ3n) is 2.49. The zero-order valence-corrected chi connectivity index (χ0v) is 9.43. The van der Waals surface area contributed by atoms with Crippen LogP contribution in [0.3, 0.4) is 0 Å². The van der Waals surface area contributed by atoms with Crippen LogP contribution in [0.15, 0.2) is 24.3 Å². The fraction of sp³-hybridized carbons (Fsp3) is 0.500. The molecule has 0 saturated heterocycles. The van der Waals surface area contributed by atoms with Crippen LogP contribution in [0, 0.1) is 0 Å². The highest BCUT2D eigenvalue weighted by molar-refractivity contribution is 5.28. The summed E-state index contributed by atoms with van der Waals surface area (Å²) in [7, 11) is 3.23. The van der Waals surface area contributed by atoms with Crippen molar-refractivity contribution in [3.05, 3.63) is 29.8 Å². The van der Waals surface area contributed by atoms with Crippen molar-refractivity contribution < 1.29 is 14.6 Å². The van der Waals surface area contributed by atoms with Gasteiger partial charge in [-0.3, -0.25) is 0 Å². The molecule has 0 radical (unpaired) electrons. The van der Waals surface area contributed by atoms with Crippen LogP contribution in [0.5, 0.6) is 5.75 Å². The summed E-state index contributed by atoms with van der Waals surface area (Å²) in [6, 6.07) is 7.69. The van der Waals surface area contributed by atoms with Gasteiger partial charge >= 0.3 is 0 Å². The molecule has 0 bridgehead atoms. The lowest BCUT2D eigenvalue weighted by Gasteiger charge is -2.17. The Morgan fingerprint density at radius 3 is 2.67 bits per heavy atom. The molecule has 0 heterocycles. The molecule has 0 aliphatic carbocycles. The summed E-state index contributed by atoms with van der Waals surface area (Å²) < 4.78 is 10.2. The normalized spacial score (nSPS) is 14.7. The van der Waals surface area contributed by atoms with E-state index in [0.29, 0.717) is 6.42 Å². The second kappa shape index (κ2) is 5.73. The molecule has 84 valence electrons. The molecule has 0 fully saturated rings.